The van der Waals surface area contributed by atoms with Crippen LogP contribution in [-0.4, -0.2) is 36.0 Å². The summed E-state index contributed by atoms with van der Waals surface area (Å²) < 4.78 is 13.9. The van der Waals surface area contributed by atoms with Gasteiger partial charge in [0.1, 0.15) is 5.82 Å². The Kier molecular flexibility index (Phi) is 4.76. The average Bonchev–Trinajstić information content (AvgIpc) is 2.48. The summed E-state index contributed by atoms with van der Waals surface area (Å²) in [6.07, 6.45) is 1.85. The second-order valence-corrected chi connectivity index (χ2v) is 5.52. The fourth-order valence-corrected chi connectivity index (χ4v) is 2.71. The van der Waals surface area contributed by atoms with Gasteiger partial charge in [0, 0.05) is 25.2 Å². The molecule has 0 saturated carbocycles. The van der Waals surface area contributed by atoms with E-state index in [-0.39, 0.29) is 17.5 Å². The van der Waals surface area contributed by atoms with Gasteiger partial charge in [0.2, 0.25) is 0 Å². The van der Waals surface area contributed by atoms with E-state index >= 15 is 0 Å². The highest BCUT2D eigenvalue weighted by atomic mass is 19.1. The second kappa shape index (κ2) is 6.35. The normalized spacial score (nSPS) is 22.9. The molecule has 1 amide bonds. The van der Waals surface area contributed by atoms with Gasteiger partial charge in [-0.3, -0.25) is 4.79 Å². The summed E-state index contributed by atoms with van der Waals surface area (Å²) in [5.74, 6) is -0.611. The SMILES string of the molecule is CCC1CN(C(=O)c2cc(C)ccc2F)C(CC)CN1. The Balaban J connectivity index is 2.26. The van der Waals surface area contributed by atoms with Crippen molar-refractivity contribution in [3.63, 3.8) is 0 Å². The average molecular weight is 278 g/mol. The molecular weight excluding hydrogens is 255 g/mol. The number of hydrogen-bond acceptors (Lipinski definition) is 2. The van der Waals surface area contributed by atoms with Crippen molar-refractivity contribution in [2.24, 2.45) is 0 Å². The Morgan fingerprint density at radius 3 is 2.80 bits per heavy atom. The topological polar surface area (TPSA) is 32.3 Å². The van der Waals surface area contributed by atoms with Gasteiger partial charge in [0.05, 0.1) is 5.56 Å². The van der Waals surface area contributed by atoms with Crippen LogP contribution in [0, 0.1) is 12.7 Å². The largest absolute Gasteiger partial charge is 0.333 e. The van der Waals surface area contributed by atoms with Crippen LogP contribution in [0.15, 0.2) is 18.2 Å². The quantitative estimate of drug-likeness (QED) is 0.922. The number of nitrogens with zero attached hydrogens (tertiary/aromatic N) is 1. The summed E-state index contributed by atoms with van der Waals surface area (Å²) in [5, 5.41) is 3.44. The van der Waals surface area contributed by atoms with E-state index in [2.05, 4.69) is 19.2 Å². The highest BCUT2D eigenvalue weighted by Crippen LogP contribution is 2.19. The number of carbonyl (C=O) groups is 1. The molecule has 0 radical (unpaired) electrons. The summed E-state index contributed by atoms with van der Waals surface area (Å²) in [7, 11) is 0. The van der Waals surface area contributed by atoms with Crippen molar-refractivity contribution in [3.05, 3.63) is 35.1 Å². The fourth-order valence-electron chi connectivity index (χ4n) is 2.71. The molecule has 1 saturated heterocycles. The lowest BCUT2D eigenvalue weighted by atomic mass is 10.0. The van der Waals surface area contributed by atoms with E-state index in [1.54, 1.807) is 12.1 Å². The standard InChI is InChI=1S/C16H23FN2O/c1-4-12-10-19(13(5-2)9-18-12)16(20)14-8-11(3)6-7-15(14)17/h6-8,12-13,18H,4-5,9-10H2,1-3H3. The molecule has 1 aliphatic rings. The zero-order chi connectivity index (χ0) is 14.7. The fraction of sp³-hybridized carbons (Fsp3) is 0.562. The molecule has 2 unspecified atom stereocenters. The number of hydrogen-bond donors (Lipinski definition) is 1. The van der Waals surface area contributed by atoms with Crippen molar-refractivity contribution in [3.8, 4) is 0 Å². The third kappa shape index (κ3) is 3.01. The predicted molar refractivity (Wildman–Crippen MR) is 78.3 cm³/mol. The minimum absolute atomic E-state index is 0.144. The Bertz CT molecular complexity index is 489. The minimum atomic E-state index is -0.429. The summed E-state index contributed by atoms with van der Waals surface area (Å²) in [6.45, 7) is 7.47. The van der Waals surface area contributed by atoms with E-state index in [9.17, 15) is 9.18 Å². The molecule has 0 bridgehead atoms. The number of piperazine rings is 1. The van der Waals surface area contributed by atoms with Crippen molar-refractivity contribution in [1.29, 1.82) is 0 Å². The molecule has 1 aromatic rings. The van der Waals surface area contributed by atoms with Crippen LogP contribution in [0.2, 0.25) is 0 Å². The first-order chi connectivity index (χ1) is 9.56. The van der Waals surface area contributed by atoms with Crippen molar-refractivity contribution in [2.45, 2.75) is 45.7 Å². The van der Waals surface area contributed by atoms with Gasteiger partial charge in [-0.25, -0.2) is 4.39 Å². The van der Waals surface area contributed by atoms with Crippen molar-refractivity contribution in [1.82, 2.24) is 10.2 Å². The molecule has 1 fully saturated rings. The zero-order valence-electron chi connectivity index (χ0n) is 12.4. The van der Waals surface area contributed by atoms with Crippen molar-refractivity contribution >= 4 is 5.91 Å². The maximum atomic E-state index is 13.9. The number of benzene rings is 1. The number of halogens is 1. The number of nitrogens with one attached hydrogen (secondary N) is 1. The predicted octanol–water partition coefficient (Wildman–Crippen LogP) is 2.74. The summed E-state index contributed by atoms with van der Waals surface area (Å²) in [4.78, 5) is 14.5. The number of aryl methyl sites for hydroxylation is 1. The van der Waals surface area contributed by atoms with Crippen molar-refractivity contribution in [2.75, 3.05) is 13.1 Å². The van der Waals surface area contributed by atoms with Gasteiger partial charge < -0.3 is 10.2 Å². The molecule has 110 valence electrons. The van der Waals surface area contributed by atoms with Crippen LogP contribution in [0.3, 0.4) is 0 Å². The molecule has 3 nitrogen and oxygen atoms in total. The smallest absolute Gasteiger partial charge is 0.257 e. The zero-order valence-corrected chi connectivity index (χ0v) is 12.4. The highest BCUT2D eigenvalue weighted by Gasteiger charge is 2.31. The third-order valence-corrected chi connectivity index (χ3v) is 4.08. The Morgan fingerprint density at radius 1 is 1.40 bits per heavy atom. The van der Waals surface area contributed by atoms with E-state index in [0.29, 0.717) is 12.6 Å². The van der Waals surface area contributed by atoms with Crippen LogP contribution in [0.25, 0.3) is 0 Å². The van der Waals surface area contributed by atoms with Gasteiger partial charge >= 0.3 is 0 Å². The summed E-state index contributed by atoms with van der Waals surface area (Å²) in [5.41, 5.74) is 1.10. The van der Waals surface area contributed by atoms with E-state index in [4.69, 9.17) is 0 Å². The Morgan fingerprint density at radius 2 is 2.15 bits per heavy atom. The molecule has 0 spiro atoms. The Labute approximate surface area is 120 Å². The lowest BCUT2D eigenvalue weighted by Gasteiger charge is -2.40. The first kappa shape index (κ1) is 15.0. The molecule has 4 heteroatoms. The maximum Gasteiger partial charge on any atom is 0.257 e. The second-order valence-electron chi connectivity index (χ2n) is 5.52. The summed E-state index contributed by atoms with van der Waals surface area (Å²) >= 11 is 0. The van der Waals surface area contributed by atoms with E-state index in [1.165, 1.54) is 6.07 Å². The molecule has 2 atom stereocenters. The van der Waals surface area contributed by atoms with Crippen LogP contribution >= 0.6 is 0 Å². The lowest BCUT2D eigenvalue weighted by molar-refractivity contribution is 0.0571. The van der Waals surface area contributed by atoms with Gasteiger partial charge in [0.25, 0.3) is 5.91 Å². The molecule has 1 N–H and O–H groups in total. The highest BCUT2D eigenvalue weighted by molar-refractivity contribution is 5.95. The molecule has 0 aliphatic carbocycles. The van der Waals surface area contributed by atoms with Crippen LogP contribution in [0.4, 0.5) is 4.39 Å². The van der Waals surface area contributed by atoms with Gasteiger partial charge in [-0.1, -0.05) is 25.5 Å². The van der Waals surface area contributed by atoms with Crippen LogP contribution < -0.4 is 5.32 Å². The first-order valence-electron chi connectivity index (χ1n) is 7.37. The minimum Gasteiger partial charge on any atom is -0.333 e. The van der Waals surface area contributed by atoms with Crippen molar-refractivity contribution < 1.29 is 9.18 Å². The molecular formula is C16H23FN2O. The summed E-state index contributed by atoms with van der Waals surface area (Å²) in [6, 6.07) is 5.16. The van der Waals surface area contributed by atoms with Crippen LogP contribution in [0.5, 0.6) is 0 Å². The molecule has 2 rings (SSSR count). The van der Waals surface area contributed by atoms with E-state index < -0.39 is 5.82 Å². The molecule has 1 aromatic carbocycles. The van der Waals surface area contributed by atoms with Crippen LogP contribution in [0.1, 0.15) is 42.6 Å². The van der Waals surface area contributed by atoms with Crippen LogP contribution in [-0.2, 0) is 0 Å². The number of carbonyl (C=O) groups excluding carboxylic acids is 1. The molecule has 0 aromatic heterocycles. The molecule has 1 aliphatic heterocycles. The number of amides is 1. The van der Waals surface area contributed by atoms with E-state index in [1.807, 2.05) is 11.8 Å². The third-order valence-electron chi connectivity index (χ3n) is 4.08. The Hall–Kier alpha value is -1.42. The van der Waals surface area contributed by atoms with Gasteiger partial charge in [-0.15, -0.1) is 0 Å². The van der Waals surface area contributed by atoms with Gasteiger partial charge in [-0.05, 0) is 31.9 Å². The van der Waals surface area contributed by atoms with Gasteiger partial charge in [0.15, 0.2) is 0 Å². The number of rotatable bonds is 3. The first-order valence-corrected chi connectivity index (χ1v) is 7.37. The molecule has 1 heterocycles. The van der Waals surface area contributed by atoms with Gasteiger partial charge in [-0.2, -0.15) is 0 Å². The maximum absolute atomic E-state index is 13.9. The lowest BCUT2D eigenvalue weighted by Crippen LogP contribution is -2.58. The van der Waals surface area contributed by atoms with E-state index in [0.717, 1.165) is 24.9 Å². The molecule has 20 heavy (non-hydrogen) atoms. The monoisotopic (exact) mass is 278 g/mol.